The van der Waals surface area contributed by atoms with Crippen molar-refractivity contribution in [3.8, 4) is 0 Å². The number of ether oxygens (including phenoxy) is 4. The van der Waals surface area contributed by atoms with Gasteiger partial charge in [-0.05, 0) is 89.0 Å². The molecule has 6 unspecified atom stereocenters. The summed E-state index contributed by atoms with van der Waals surface area (Å²) in [6.45, 7) is 16.7. The first-order chi connectivity index (χ1) is 27.8. The van der Waals surface area contributed by atoms with E-state index in [0.717, 1.165) is 56.4 Å². The molecule has 0 aromatic rings. The molecule has 9 nitrogen and oxygen atoms in total. The fraction of sp³-hybridized carbons (Fsp3) is 0.796. The minimum atomic E-state index is -1.78. The molecular formula is C49H89KO9. The molecule has 2 aliphatic rings. The normalized spacial score (nSPS) is 22.4. The van der Waals surface area contributed by atoms with Crippen LogP contribution >= 0.6 is 0 Å². The zero-order valence-electron chi connectivity index (χ0n) is 40.0. The summed E-state index contributed by atoms with van der Waals surface area (Å²) < 4.78 is 19.9. The molecule has 59 heavy (non-hydrogen) atoms. The Balaban J connectivity index is -0.00000113. The van der Waals surface area contributed by atoms with Crippen LogP contribution in [0.1, 0.15) is 171 Å². The fourth-order valence-electron chi connectivity index (χ4n) is 6.96. The van der Waals surface area contributed by atoms with E-state index in [1.807, 2.05) is 40.9 Å². The van der Waals surface area contributed by atoms with E-state index in [4.69, 9.17) is 14.2 Å². The number of allylic oxidation sites excluding steroid dienone is 7. The molecule has 7 atom stereocenters. The number of unbranched alkanes of at least 4 members (excludes halogenated alkanes) is 6. The van der Waals surface area contributed by atoms with Crippen LogP contribution < -0.4 is 56.5 Å². The largest absolute Gasteiger partial charge is 1.00 e. The van der Waals surface area contributed by atoms with Gasteiger partial charge in [0.25, 0.3) is 5.79 Å². The number of hydrogen-bond donors (Lipinski definition) is 2. The summed E-state index contributed by atoms with van der Waals surface area (Å²) >= 11 is 0. The Morgan fingerprint density at radius 2 is 1.59 bits per heavy atom. The van der Waals surface area contributed by atoms with Gasteiger partial charge in [0.15, 0.2) is 0 Å². The number of aliphatic hydroxyl groups excluding tert-OH is 1. The summed E-state index contributed by atoms with van der Waals surface area (Å²) in [5, 5.41) is 30.8. The van der Waals surface area contributed by atoms with Gasteiger partial charge in [0, 0.05) is 39.6 Å². The first kappa shape index (κ1) is 62.8. The summed E-state index contributed by atoms with van der Waals surface area (Å²) in [5.74, 6) is -1.42. The molecule has 1 saturated heterocycles. The molecule has 1 aliphatic carbocycles. The van der Waals surface area contributed by atoms with Gasteiger partial charge in [-0.15, -0.1) is 6.61 Å². The number of carbonyl (C=O) groups excluding carboxylic acids is 2. The number of Topliss-reactive ketones (excluding diaryl/α,β-unsaturated/α-hetero) is 1. The van der Waals surface area contributed by atoms with E-state index in [2.05, 4.69) is 55.9 Å². The molecule has 1 saturated carbocycles. The van der Waals surface area contributed by atoms with Crippen LogP contribution in [-0.4, -0.2) is 81.1 Å². The maximum absolute atomic E-state index is 12.7. The van der Waals surface area contributed by atoms with Gasteiger partial charge in [-0.3, -0.25) is 4.79 Å². The van der Waals surface area contributed by atoms with Crippen molar-refractivity contribution in [2.45, 2.75) is 189 Å². The van der Waals surface area contributed by atoms with Gasteiger partial charge in [0.2, 0.25) is 0 Å². The van der Waals surface area contributed by atoms with Crippen molar-refractivity contribution in [3.63, 3.8) is 0 Å². The van der Waals surface area contributed by atoms with E-state index < -0.39 is 17.9 Å². The summed E-state index contributed by atoms with van der Waals surface area (Å²) in [7, 11) is 5.10. The summed E-state index contributed by atoms with van der Waals surface area (Å²) in [6, 6.07) is 0. The van der Waals surface area contributed by atoms with Crippen LogP contribution in [0.15, 0.2) is 47.6 Å². The van der Waals surface area contributed by atoms with Crippen LogP contribution in [-0.2, 0) is 28.5 Å². The van der Waals surface area contributed by atoms with E-state index >= 15 is 0 Å². The average Bonchev–Trinajstić information content (AvgIpc) is 3.22. The maximum Gasteiger partial charge on any atom is 1.00 e. The summed E-state index contributed by atoms with van der Waals surface area (Å²) in [5.41, 5.74) is 2.30. The molecule has 2 fully saturated rings. The van der Waals surface area contributed by atoms with Crippen LogP contribution in [0.5, 0.6) is 0 Å². The minimum Gasteiger partial charge on any atom is -0.854 e. The first-order valence-electron chi connectivity index (χ1n) is 22.7. The second kappa shape index (κ2) is 41.5. The van der Waals surface area contributed by atoms with Gasteiger partial charge < -0.3 is 34.3 Å². The fourth-order valence-corrected chi connectivity index (χ4v) is 6.96. The molecule has 1 aliphatic heterocycles. The predicted molar refractivity (Wildman–Crippen MR) is 238 cm³/mol. The van der Waals surface area contributed by atoms with Crippen LogP contribution in [0.2, 0.25) is 0 Å². The monoisotopic (exact) mass is 861 g/mol. The molecule has 2 rings (SSSR count). The average molecular weight is 861 g/mol. The van der Waals surface area contributed by atoms with Gasteiger partial charge in [-0.2, -0.15) is 0 Å². The number of ketones is 1. The molecule has 0 amide bonds. The Labute approximate surface area is 405 Å². The van der Waals surface area contributed by atoms with Crippen molar-refractivity contribution in [3.05, 3.63) is 47.6 Å². The van der Waals surface area contributed by atoms with Crippen molar-refractivity contribution in [2.24, 2.45) is 23.7 Å². The molecule has 1 heterocycles. The topological polar surface area (TPSA) is 135 Å². The zero-order chi connectivity index (χ0) is 44.2. The SMILES string of the molecule is CC.CC/C(C)=C/C=C/C=C/[C@@H](C)CC(C)C(=O)CC(O)/C(C)=C/CCCCCCC1CCCC(OC)C1.CC1CCCOC1(O)C(=O)OCCCCC[O-].COC.[K+]. The van der Waals surface area contributed by atoms with Crippen LogP contribution in [0.25, 0.3) is 0 Å². The van der Waals surface area contributed by atoms with Crippen molar-refractivity contribution in [2.75, 3.05) is 41.2 Å². The number of carbonyl (C=O) groups is 2. The van der Waals surface area contributed by atoms with Crippen molar-refractivity contribution < 1.29 is 95.2 Å². The Hall–Kier alpha value is -0.504. The van der Waals surface area contributed by atoms with E-state index in [9.17, 15) is 24.9 Å². The van der Waals surface area contributed by atoms with Gasteiger partial charge >= 0.3 is 57.4 Å². The third kappa shape index (κ3) is 31.9. The Kier molecular flexibility index (Phi) is 44.2. The molecule has 0 aromatic carbocycles. The van der Waals surface area contributed by atoms with Crippen molar-refractivity contribution >= 4 is 11.8 Å². The van der Waals surface area contributed by atoms with Gasteiger partial charge in [0.05, 0.1) is 25.4 Å². The Morgan fingerprint density at radius 3 is 2.22 bits per heavy atom. The third-order valence-corrected chi connectivity index (χ3v) is 11.0. The predicted octanol–water partition coefficient (Wildman–Crippen LogP) is 7.42. The van der Waals surface area contributed by atoms with Crippen LogP contribution in [0.3, 0.4) is 0 Å². The van der Waals surface area contributed by atoms with Crippen molar-refractivity contribution in [1.82, 2.24) is 0 Å². The Bertz CT molecular complexity index is 1140. The van der Waals surface area contributed by atoms with Crippen LogP contribution in [0, 0.1) is 23.7 Å². The Morgan fingerprint density at radius 1 is 0.932 bits per heavy atom. The molecular weight excluding hydrogens is 772 g/mol. The van der Waals surface area contributed by atoms with Gasteiger partial charge in [-0.1, -0.05) is 135 Å². The smallest absolute Gasteiger partial charge is 0.854 e. The number of aliphatic hydroxyl groups is 2. The number of rotatable bonds is 24. The third-order valence-electron chi connectivity index (χ3n) is 11.0. The standard InChI is InChI=1S/C33H56O3.C12H21O5.C2H6O.C2H6.K/c1-7-26(2)17-12-11-13-18-27(3)23-29(5)33(35)25-32(34)28(4)19-14-9-8-10-15-20-30-21-16-22-31(24-30)36-6;1-10-6-5-9-17-12(10,15)11(14)16-8-4-2-3-7-13;1-3-2;1-2;/h11-13,17-19,27,29-32,34H,7-10,14-16,20-25H2,1-6H3;10,15H,2-9H2,1H3;1-2H3;1-2H3;/q;-1;;;+1/b12-11+,18-13+,26-17+,28-19+;;;;/t27-,29?,30?,31?,32?;;;;/m1..../s1. The number of esters is 1. The minimum absolute atomic E-state index is 0. The summed E-state index contributed by atoms with van der Waals surface area (Å²) in [4.78, 5) is 24.4. The maximum atomic E-state index is 12.7. The summed E-state index contributed by atoms with van der Waals surface area (Å²) in [6.07, 6.45) is 30.7. The number of hydrogen-bond acceptors (Lipinski definition) is 9. The molecule has 10 heteroatoms. The first-order valence-corrected chi connectivity index (χ1v) is 22.7. The molecule has 340 valence electrons. The zero-order valence-corrected chi connectivity index (χ0v) is 43.2. The molecule has 2 N–H and O–H groups in total. The van der Waals surface area contributed by atoms with E-state index in [1.54, 1.807) is 21.1 Å². The van der Waals surface area contributed by atoms with Gasteiger partial charge in [0.1, 0.15) is 5.78 Å². The quantitative estimate of drug-likeness (QED) is 0.0335. The van der Waals surface area contributed by atoms with Gasteiger partial charge in [-0.25, -0.2) is 4.79 Å². The molecule has 0 radical (unpaired) electrons. The van der Waals surface area contributed by atoms with E-state index in [1.165, 1.54) is 56.9 Å². The molecule has 0 aromatic heterocycles. The van der Waals surface area contributed by atoms with Crippen molar-refractivity contribution in [1.29, 1.82) is 0 Å². The molecule has 0 spiro atoms. The van der Waals surface area contributed by atoms with E-state index in [0.29, 0.717) is 31.5 Å². The number of methoxy groups -OCH3 is 2. The van der Waals surface area contributed by atoms with Crippen LogP contribution in [0.4, 0.5) is 0 Å². The second-order valence-electron chi connectivity index (χ2n) is 16.2. The molecule has 0 bridgehead atoms. The second-order valence-corrected chi connectivity index (χ2v) is 16.2. The van der Waals surface area contributed by atoms with E-state index in [-0.39, 0.29) is 88.6 Å².